The van der Waals surface area contributed by atoms with E-state index in [-0.39, 0.29) is 30.2 Å². The van der Waals surface area contributed by atoms with Gasteiger partial charge < -0.3 is 4.90 Å². The number of aryl methyl sites for hydroxylation is 1. The molecule has 1 fully saturated rings. The fourth-order valence-corrected chi connectivity index (χ4v) is 3.45. The van der Waals surface area contributed by atoms with E-state index in [1.54, 1.807) is 12.1 Å². The molecule has 0 aliphatic carbocycles. The summed E-state index contributed by atoms with van der Waals surface area (Å²) >= 11 is 0. The summed E-state index contributed by atoms with van der Waals surface area (Å²) < 4.78 is 0. The molecule has 0 saturated carbocycles. The molecule has 0 spiro atoms. The first-order chi connectivity index (χ1) is 12.4. The van der Waals surface area contributed by atoms with Crippen LogP contribution in [0.1, 0.15) is 37.4 Å². The van der Waals surface area contributed by atoms with Crippen LogP contribution in [0.25, 0.3) is 0 Å². The Morgan fingerprint density at radius 3 is 2.27 bits per heavy atom. The second kappa shape index (κ2) is 7.12. The molecule has 0 aromatic heterocycles. The van der Waals surface area contributed by atoms with E-state index in [1.165, 1.54) is 16.7 Å². The summed E-state index contributed by atoms with van der Waals surface area (Å²) in [7, 11) is 0. The predicted octanol–water partition coefficient (Wildman–Crippen LogP) is 3.24. The van der Waals surface area contributed by atoms with Gasteiger partial charge >= 0.3 is 0 Å². The minimum atomic E-state index is -0.781. The van der Waals surface area contributed by atoms with Gasteiger partial charge in [-0.05, 0) is 31.5 Å². The first-order valence-electron chi connectivity index (χ1n) is 8.67. The van der Waals surface area contributed by atoms with Gasteiger partial charge in [-0.3, -0.25) is 14.4 Å². The van der Waals surface area contributed by atoms with Crippen molar-refractivity contribution in [1.29, 1.82) is 0 Å². The van der Waals surface area contributed by atoms with Gasteiger partial charge in [0.05, 0.1) is 18.2 Å². The number of hydrogen-bond donors (Lipinski definition) is 0. The van der Waals surface area contributed by atoms with Crippen LogP contribution in [-0.2, 0) is 14.4 Å². The van der Waals surface area contributed by atoms with Gasteiger partial charge in [-0.1, -0.05) is 48.0 Å². The van der Waals surface area contributed by atoms with E-state index in [4.69, 9.17) is 0 Å². The van der Waals surface area contributed by atoms with Crippen LogP contribution in [0.15, 0.2) is 54.6 Å². The average Bonchev–Trinajstić information content (AvgIpc) is 2.91. The lowest BCUT2D eigenvalue weighted by Crippen LogP contribution is -2.45. The predicted molar refractivity (Wildman–Crippen MR) is 99.5 cm³/mol. The zero-order valence-corrected chi connectivity index (χ0v) is 15.2. The highest BCUT2D eigenvalue weighted by Gasteiger charge is 2.45. The van der Waals surface area contributed by atoms with Crippen LogP contribution in [0, 0.1) is 6.92 Å². The summed E-state index contributed by atoms with van der Waals surface area (Å²) in [5, 5.41) is 0. The maximum Gasteiger partial charge on any atom is 0.257 e. The molecule has 5 nitrogen and oxygen atoms in total. The largest absolute Gasteiger partial charge is 0.324 e. The lowest BCUT2D eigenvalue weighted by molar-refractivity contribution is -0.139. The van der Waals surface area contributed by atoms with Crippen molar-refractivity contribution in [2.75, 3.05) is 4.90 Å². The zero-order valence-electron chi connectivity index (χ0n) is 15.2. The van der Waals surface area contributed by atoms with Crippen molar-refractivity contribution >= 4 is 23.4 Å². The highest BCUT2D eigenvalue weighted by atomic mass is 16.2. The van der Waals surface area contributed by atoms with Crippen molar-refractivity contribution in [2.24, 2.45) is 0 Å². The summed E-state index contributed by atoms with van der Waals surface area (Å²) in [6, 6.07) is 15.7. The van der Waals surface area contributed by atoms with Crippen LogP contribution < -0.4 is 4.90 Å². The fourth-order valence-electron chi connectivity index (χ4n) is 3.45. The highest BCUT2D eigenvalue weighted by molar-refractivity contribution is 6.23. The molecule has 0 radical (unpaired) electrons. The molecule has 2 aromatic carbocycles. The number of carbonyl (C=O) groups excluding carboxylic acids is 3. The molecule has 1 heterocycles. The van der Waals surface area contributed by atoms with Gasteiger partial charge in [-0.2, -0.15) is 0 Å². The summed E-state index contributed by atoms with van der Waals surface area (Å²) in [6.45, 7) is 5.26. The van der Waals surface area contributed by atoms with E-state index in [9.17, 15) is 14.4 Å². The summed E-state index contributed by atoms with van der Waals surface area (Å²) in [4.78, 5) is 40.6. The Bertz CT molecular complexity index is 830. The first-order valence-corrected chi connectivity index (χ1v) is 8.67. The smallest absolute Gasteiger partial charge is 0.257 e. The van der Waals surface area contributed by atoms with Crippen LogP contribution >= 0.6 is 0 Å². The van der Waals surface area contributed by atoms with Gasteiger partial charge in [-0.25, -0.2) is 4.90 Å². The van der Waals surface area contributed by atoms with Crippen LogP contribution in [0.3, 0.4) is 0 Å². The standard InChI is InChI=1S/C21H22N2O3/c1-14-9-11-18(12-10-14)23-20(25)13-19(21(23)26)22(16(3)24)15(2)17-7-5-4-6-8-17/h4-12,15,19H,13H2,1-3H3. The summed E-state index contributed by atoms with van der Waals surface area (Å²) in [6.07, 6.45) is 0.00344. The highest BCUT2D eigenvalue weighted by Crippen LogP contribution is 2.31. The Hall–Kier alpha value is -2.95. The zero-order chi connectivity index (χ0) is 18.8. The first kappa shape index (κ1) is 17.9. The van der Waals surface area contributed by atoms with E-state index in [0.717, 1.165) is 11.1 Å². The van der Waals surface area contributed by atoms with Crippen molar-refractivity contribution in [3.63, 3.8) is 0 Å². The van der Waals surface area contributed by atoms with Crippen molar-refractivity contribution < 1.29 is 14.4 Å². The van der Waals surface area contributed by atoms with E-state index in [1.807, 2.05) is 56.3 Å². The van der Waals surface area contributed by atoms with Crippen LogP contribution in [0.5, 0.6) is 0 Å². The maximum absolute atomic E-state index is 13.0. The third-order valence-corrected chi connectivity index (χ3v) is 4.81. The molecule has 2 unspecified atom stereocenters. The van der Waals surface area contributed by atoms with Crippen LogP contribution in [0.4, 0.5) is 5.69 Å². The number of carbonyl (C=O) groups is 3. The van der Waals surface area contributed by atoms with E-state index in [0.29, 0.717) is 5.69 Å². The number of nitrogens with zero attached hydrogens (tertiary/aromatic N) is 2. The second-order valence-corrected chi connectivity index (χ2v) is 6.64. The van der Waals surface area contributed by atoms with Crippen molar-refractivity contribution in [2.45, 2.75) is 39.3 Å². The Labute approximate surface area is 153 Å². The molecule has 1 aliphatic heterocycles. The molecular weight excluding hydrogens is 328 g/mol. The second-order valence-electron chi connectivity index (χ2n) is 6.64. The number of rotatable bonds is 4. The van der Waals surface area contributed by atoms with Gasteiger partial charge in [0.15, 0.2) is 0 Å². The van der Waals surface area contributed by atoms with Crippen molar-refractivity contribution in [3.8, 4) is 0 Å². The Morgan fingerprint density at radius 2 is 1.69 bits per heavy atom. The number of anilines is 1. The van der Waals surface area contributed by atoms with E-state index >= 15 is 0 Å². The van der Waals surface area contributed by atoms with Gasteiger partial charge in [-0.15, -0.1) is 0 Å². The molecule has 3 rings (SSSR count). The third-order valence-electron chi connectivity index (χ3n) is 4.81. The van der Waals surface area contributed by atoms with Crippen molar-refractivity contribution in [3.05, 3.63) is 65.7 Å². The number of hydrogen-bond acceptors (Lipinski definition) is 3. The normalized spacial score (nSPS) is 18.1. The van der Waals surface area contributed by atoms with E-state index < -0.39 is 6.04 Å². The topological polar surface area (TPSA) is 57.7 Å². The third kappa shape index (κ3) is 3.25. The molecule has 2 aromatic rings. The van der Waals surface area contributed by atoms with Gasteiger partial charge in [0.1, 0.15) is 6.04 Å². The minimum absolute atomic E-state index is 0.00344. The van der Waals surface area contributed by atoms with Crippen molar-refractivity contribution in [1.82, 2.24) is 4.90 Å². The molecule has 3 amide bonds. The Morgan fingerprint density at radius 1 is 1.08 bits per heavy atom. The monoisotopic (exact) mass is 350 g/mol. The number of amides is 3. The quantitative estimate of drug-likeness (QED) is 0.796. The number of benzene rings is 2. The minimum Gasteiger partial charge on any atom is -0.324 e. The molecule has 2 atom stereocenters. The van der Waals surface area contributed by atoms with Gasteiger partial charge in [0, 0.05) is 6.92 Å². The van der Waals surface area contributed by atoms with Gasteiger partial charge in [0.2, 0.25) is 11.8 Å². The molecule has 1 aliphatic rings. The fraction of sp³-hybridized carbons (Fsp3) is 0.286. The average molecular weight is 350 g/mol. The Balaban J connectivity index is 1.91. The molecule has 0 bridgehead atoms. The van der Waals surface area contributed by atoms with Crippen LogP contribution in [0.2, 0.25) is 0 Å². The molecular formula is C21H22N2O3. The lowest BCUT2D eigenvalue weighted by atomic mass is 10.0. The Kier molecular flexibility index (Phi) is 4.89. The summed E-state index contributed by atoms with van der Waals surface area (Å²) in [5.74, 6) is -0.856. The van der Waals surface area contributed by atoms with E-state index in [2.05, 4.69) is 0 Å². The number of imide groups is 1. The molecule has 134 valence electrons. The molecule has 1 saturated heterocycles. The summed E-state index contributed by atoms with van der Waals surface area (Å²) in [5.41, 5.74) is 2.52. The maximum atomic E-state index is 13.0. The molecule has 26 heavy (non-hydrogen) atoms. The lowest BCUT2D eigenvalue weighted by Gasteiger charge is -2.32. The SMILES string of the molecule is CC(=O)N(C1CC(=O)N(c2ccc(C)cc2)C1=O)C(C)c1ccccc1. The van der Waals surface area contributed by atoms with Gasteiger partial charge in [0.25, 0.3) is 5.91 Å². The van der Waals surface area contributed by atoms with Crippen LogP contribution in [-0.4, -0.2) is 28.7 Å². The molecule has 5 heteroatoms. The molecule has 0 N–H and O–H groups in total.